The lowest BCUT2D eigenvalue weighted by molar-refractivity contribution is 0.569. The second-order valence-corrected chi connectivity index (χ2v) is 21.9. The predicted molar refractivity (Wildman–Crippen MR) is 310 cm³/mol. The van der Waals surface area contributed by atoms with E-state index in [9.17, 15) is 0 Å². The number of anilines is 6. The quantitative estimate of drug-likeness (QED) is 0.147. The summed E-state index contributed by atoms with van der Waals surface area (Å²) in [5.74, 6) is 0. The van der Waals surface area contributed by atoms with Crippen LogP contribution in [0.4, 0.5) is 34.1 Å². The summed E-state index contributed by atoms with van der Waals surface area (Å²) >= 11 is 0. The van der Waals surface area contributed by atoms with Crippen molar-refractivity contribution in [2.24, 2.45) is 0 Å². The highest BCUT2D eigenvalue weighted by Crippen LogP contribution is 2.49. The number of fused-ring (bicyclic) bond motifs is 4. The molecule has 3 heteroatoms. The van der Waals surface area contributed by atoms with Crippen LogP contribution < -0.4 is 26.2 Å². The average molecular weight is 927 g/mol. The van der Waals surface area contributed by atoms with E-state index in [1.165, 1.54) is 111 Å². The molecule has 0 spiro atoms. The Kier molecular flexibility index (Phi) is 11.0. The maximum atomic E-state index is 2.62. The smallest absolute Gasteiger partial charge is 0.252 e. The highest BCUT2D eigenvalue weighted by atomic mass is 15.2. The minimum Gasteiger partial charge on any atom is -0.311 e. The molecule has 348 valence electrons. The standard InChI is InChI=1S/C69H59BN2/c1-46-38-65-67-66(39-46)72(62-36-31-52(48-22-14-9-15-23-48)42-59(62)55-40-56(68(2,3)4)45-57(41-55)69(5,6)7)64-44-54(50-26-18-11-19-27-50)30-35-60(64)70(67)61-43-53(49-24-16-10-17-25-49)32-37-63(61)71(65)58-33-28-51(29-34-58)47-20-12-8-13-21-47/h8-45H,1-7H3. The minimum atomic E-state index is -0.0624. The lowest BCUT2D eigenvalue weighted by atomic mass is 9.33. The summed E-state index contributed by atoms with van der Waals surface area (Å²) in [6, 6.07) is 86.3. The van der Waals surface area contributed by atoms with Crippen molar-refractivity contribution in [2.45, 2.75) is 59.3 Å². The zero-order valence-corrected chi connectivity index (χ0v) is 42.4. The lowest BCUT2D eigenvalue weighted by Crippen LogP contribution is -2.61. The van der Waals surface area contributed by atoms with E-state index in [0.29, 0.717) is 0 Å². The van der Waals surface area contributed by atoms with Crippen molar-refractivity contribution >= 4 is 57.2 Å². The fourth-order valence-corrected chi connectivity index (χ4v) is 11.1. The van der Waals surface area contributed by atoms with Crippen LogP contribution >= 0.6 is 0 Å². The van der Waals surface area contributed by atoms with E-state index in [0.717, 1.165) is 11.4 Å². The van der Waals surface area contributed by atoms with Gasteiger partial charge < -0.3 is 9.80 Å². The summed E-state index contributed by atoms with van der Waals surface area (Å²) in [5, 5.41) is 0. The number of aryl methyl sites for hydroxylation is 1. The highest BCUT2D eigenvalue weighted by molar-refractivity contribution is 7.00. The summed E-state index contributed by atoms with van der Waals surface area (Å²) in [6.07, 6.45) is 0. The van der Waals surface area contributed by atoms with E-state index >= 15 is 0 Å². The molecule has 0 bridgehead atoms. The number of benzene rings is 10. The molecule has 0 N–H and O–H groups in total. The highest BCUT2D eigenvalue weighted by Gasteiger charge is 2.44. The van der Waals surface area contributed by atoms with Crippen LogP contribution in [0, 0.1) is 6.92 Å². The Bertz CT molecular complexity index is 3610. The van der Waals surface area contributed by atoms with E-state index in [1.807, 2.05) is 0 Å². The average Bonchev–Trinajstić information content (AvgIpc) is 3.41. The van der Waals surface area contributed by atoms with Crippen LogP contribution in [0.1, 0.15) is 58.2 Å². The summed E-state index contributed by atoms with van der Waals surface area (Å²) in [4.78, 5) is 5.15. The Balaban J connectivity index is 1.17. The summed E-state index contributed by atoms with van der Waals surface area (Å²) in [6.45, 7) is 16.3. The Morgan fingerprint density at radius 3 is 1.26 bits per heavy atom. The van der Waals surface area contributed by atoms with E-state index < -0.39 is 0 Å². The van der Waals surface area contributed by atoms with Gasteiger partial charge in [0.2, 0.25) is 0 Å². The first-order valence-corrected chi connectivity index (χ1v) is 25.5. The van der Waals surface area contributed by atoms with E-state index in [2.05, 4.69) is 289 Å². The van der Waals surface area contributed by atoms with Crippen molar-refractivity contribution in [1.82, 2.24) is 0 Å². The number of hydrogen-bond acceptors (Lipinski definition) is 2. The Hall–Kier alpha value is -8.14. The molecule has 0 saturated heterocycles. The Morgan fingerprint density at radius 2 is 0.736 bits per heavy atom. The van der Waals surface area contributed by atoms with Crippen molar-refractivity contribution in [3.8, 4) is 55.6 Å². The third-order valence-electron chi connectivity index (χ3n) is 15.0. The van der Waals surface area contributed by atoms with Gasteiger partial charge in [0.05, 0.1) is 5.69 Å². The van der Waals surface area contributed by atoms with Crippen LogP contribution in [0.3, 0.4) is 0 Å². The molecule has 2 aliphatic heterocycles. The number of hydrogen-bond donors (Lipinski definition) is 0. The van der Waals surface area contributed by atoms with E-state index in [1.54, 1.807) is 0 Å². The van der Waals surface area contributed by atoms with E-state index in [4.69, 9.17) is 0 Å². The molecule has 0 amide bonds. The molecule has 0 atom stereocenters. The van der Waals surface area contributed by atoms with Gasteiger partial charge in [-0.3, -0.25) is 0 Å². The van der Waals surface area contributed by atoms with Gasteiger partial charge in [0.1, 0.15) is 0 Å². The van der Waals surface area contributed by atoms with E-state index in [-0.39, 0.29) is 17.5 Å². The molecule has 2 nitrogen and oxygen atoms in total. The van der Waals surface area contributed by atoms with Crippen LogP contribution in [-0.4, -0.2) is 6.71 Å². The maximum Gasteiger partial charge on any atom is 0.252 e. The van der Waals surface area contributed by atoms with Crippen molar-refractivity contribution in [1.29, 1.82) is 0 Å². The third-order valence-corrected chi connectivity index (χ3v) is 15.0. The summed E-state index contributed by atoms with van der Waals surface area (Å²) in [7, 11) is 0. The molecule has 10 aromatic rings. The van der Waals surface area contributed by atoms with Crippen molar-refractivity contribution in [3.63, 3.8) is 0 Å². The molecular formula is C69H59BN2. The fourth-order valence-electron chi connectivity index (χ4n) is 11.1. The van der Waals surface area contributed by atoms with Crippen molar-refractivity contribution in [2.75, 3.05) is 9.80 Å². The molecule has 0 saturated carbocycles. The van der Waals surface area contributed by atoms with Gasteiger partial charge in [0, 0.05) is 34.0 Å². The van der Waals surface area contributed by atoms with Crippen LogP contribution in [0.2, 0.25) is 0 Å². The molecule has 0 fully saturated rings. The number of rotatable bonds is 7. The van der Waals surface area contributed by atoms with Gasteiger partial charge in [-0.05, 0) is 149 Å². The molecule has 2 heterocycles. The molecular weight excluding hydrogens is 868 g/mol. The summed E-state index contributed by atoms with van der Waals surface area (Å²) in [5.41, 5.74) is 26.8. The normalized spacial score (nSPS) is 12.8. The predicted octanol–water partition coefficient (Wildman–Crippen LogP) is 17.0. The first-order chi connectivity index (χ1) is 34.9. The maximum absolute atomic E-state index is 2.62. The zero-order valence-electron chi connectivity index (χ0n) is 42.4. The topological polar surface area (TPSA) is 6.48 Å². The van der Waals surface area contributed by atoms with Gasteiger partial charge in [-0.2, -0.15) is 0 Å². The van der Waals surface area contributed by atoms with Crippen LogP contribution in [0.15, 0.2) is 231 Å². The van der Waals surface area contributed by atoms with Crippen LogP contribution in [0.5, 0.6) is 0 Å². The molecule has 72 heavy (non-hydrogen) atoms. The molecule has 10 aromatic carbocycles. The van der Waals surface area contributed by atoms with Crippen molar-refractivity contribution in [3.05, 3.63) is 247 Å². The second kappa shape index (κ2) is 17.6. The monoisotopic (exact) mass is 926 g/mol. The van der Waals surface area contributed by atoms with Gasteiger partial charge in [0.15, 0.2) is 0 Å². The third kappa shape index (κ3) is 8.04. The minimum absolute atomic E-state index is 0.0473. The van der Waals surface area contributed by atoms with Crippen molar-refractivity contribution < 1.29 is 0 Å². The summed E-state index contributed by atoms with van der Waals surface area (Å²) < 4.78 is 0. The fraction of sp³-hybridized carbons (Fsp3) is 0.130. The van der Waals surface area contributed by atoms with Crippen LogP contribution in [0.25, 0.3) is 55.6 Å². The van der Waals surface area contributed by atoms with Crippen LogP contribution in [-0.2, 0) is 10.8 Å². The Morgan fingerprint density at radius 1 is 0.306 bits per heavy atom. The van der Waals surface area contributed by atoms with Gasteiger partial charge in [0.25, 0.3) is 6.71 Å². The van der Waals surface area contributed by atoms with Gasteiger partial charge in [-0.1, -0.05) is 224 Å². The molecule has 0 radical (unpaired) electrons. The van der Waals surface area contributed by atoms with Gasteiger partial charge in [-0.25, -0.2) is 0 Å². The molecule has 0 aromatic heterocycles. The first-order valence-electron chi connectivity index (χ1n) is 25.5. The molecule has 0 unspecified atom stereocenters. The zero-order chi connectivity index (χ0) is 49.3. The second-order valence-electron chi connectivity index (χ2n) is 21.9. The number of nitrogens with zero attached hydrogens (tertiary/aromatic N) is 2. The molecule has 2 aliphatic rings. The van der Waals surface area contributed by atoms with Gasteiger partial charge in [-0.15, -0.1) is 0 Å². The SMILES string of the molecule is Cc1cc2c3c(c1)N(c1ccc(-c4ccccc4)cc1-c1cc(C(C)(C)C)cc(C(C)(C)C)c1)c1cc(-c4ccccc4)ccc1B3c1cc(-c3ccccc3)ccc1N2c1ccc(-c2ccccc2)cc1. The van der Waals surface area contributed by atoms with Gasteiger partial charge >= 0.3 is 0 Å². The Labute approximate surface area is 427 Å². The molecule has 12 rings (SSSR count). The first kappa shape index (κ1) is 45.0. The molecule has 0 aliphatic carbocycles. The lowest BCUT2D eigenvalue weighted by Gasteiger charge is -2.45. The largest absolute Gasteiger partial charge is 0.311 e.